The van der Waals surface area contributed by atoms with Gasteiger partial charge in [0.2, 0.25) is 0 Å². The van der Waals surface area contributed by atoms with Crippen LogP contribution in [0.3, 0.4) is 0 Å². The van der Waals surface area contributed by atoms with Crippen LogP contribution in [-0.4, -0.2) is 4.98 Å². The summed E-state index contributed by atoms with van der Waals surface area (Å²) in [4.78, 5) is 3.38. The van der Waals surface area contributed by atoms with E-state index in [-0.39, 0.29) is 6.04 Å². The van der Waals surface area contributed by atoms with Crippen molar-refractivity contribution in [3.05, 3.63) is 69.3 Å². The molecule has 0 aliphatic carbocycles. The molecule has 1 heterocycles. The minimum Gasteiger partial charge on any atom is -0.356 e. The number of rotatable bonds is 4. The molecule has 3 rings (SSSR count). The standard InChI is InChI=1S/C17H16BrClN2/c1-11(12-6-2-4-8-14(12)18)20-10-16-17(19)13-7-3-5-9-15(13)21-16/h2-9,11,20-21H,10H2,1H3/t11-/m1/s1. The lowest BCUT2D eigenvalue weighted by Crippen LogP contribution is -2.18. The molecule has 2 aromatic carbocycles. The maximum Gasteiger partial charge on any atom is 0.0705 e. The monoisotopic (exact) mass is 362 g/mol. The van der Waals surface area contributed by atoms with Crippen LogP contribution in [0.1, 0.15) is 24.2 Å². The van der Waals surface area contributed by atoms with Gasteiger partial charge in [0.25, 0.3) is 0 Å². The topological polar surface area (TPSA) is 27.8 Å². The number of benzene rings is 2. The van der Waals surface area contributed by atoms with E-state index < -0.39 is 0 Å². The Hall–Kier alpha value is -1.29. The molecule has 2 nitrogen and oxygen atoms in total. The van der Waals surface area contributed by atoms with Crippen molar-refractivity contribution in [1.29, 1.82) is 0 Å². The summed E-state index contributed by atoms with van der Waals surface area (Å²) in [7, 11) is 0. The number of hydrogen-bond donors (Lipinski definition) is 2. The van der Waals surface area contributed by atoms with E-state index in [1.54, 1.807) is 0 Å². The number of nitrogens with one attached hydrogen (secondary N) is 2. The largest absolute Gasteiger partial charge is 0.356 e. The van der Waals surface area contributed by atoms with Crippen LogP contribution < -0.4 is 5.32 Å². The number of H-pyrrole nitrogens is 1. The first-order chi connectivity index (χ1) is 10.2. The quantitative estimate of drug-likeness (QED) is 0.635. The second-order valence-electron chi connectivity index (χ2n) is 5.09. The van der Waals surface area contributed by atoms with Crippen molar-refractivity contribution in [3.8, 4) is 0 Å². The predicted octanol–water partition coefficient (Wildman–Crippen LogP) is 5.43. The summed E-state index contributed by atoms with van der Waals surface area (Å²) < 4.78 is 1.12. The van der Waals surface area contributed by atoms with Crippen molar-refractivity contribution >= 4 is 38.4 Å². The van der Waals surface area contributed by atoms with Crippen LogP contribution in [0, 0.1) is 0 Å². The summed E-state index contributed by atoms with van der Waals surface area (Å²) in [6.07, 6.45) is 0. The lowest BCUT2D eigenvalue weighted by atomic mass is 10.1. The fraction of sp³-hybridized carbons (Fsp3) is 0.176. The molecule has 0 unspecified atom stereocenters. The Morgan fingerprint density at radius 2 is 1.86 bits per heavy atom. The van der Waals surface area contributed by atoms with Crippen LogP contribution >= 0.6 is 27.5 Å². The highest BCUT2D eigenvalue weighted by Gasteiger charge is 2.12. The van der Waals surface area contributed by atoms with E-state index in [1.807, 2.05) is 36.4 Å². The van der Waals surface area contributed by atoms with Crippen molar-refractivity contribution in [1.82, 2.24) is 10.3 Å². The Morgan fingerprint density at radius 1 is 1.14 bits per heavy atom. The SMILES string of the molecule is C[C@@H](NCc1[nH]c2ccccc2c1Cl)c1ccccc1Br. The Balaban J connectivity index is 1.77. The number of halogens is 2. The van der Waals surface area contributed by atoms with Gasteiger partial charge in [-0.3, -0.25) is 0 Å². The summed E-state index contributed by atoms with van der Waals surface area (Å²) in [5.74, 6) is 0. The molecule has 0 spiro atoms. The third-order valence-electron chi connectivity index (χ3n) is 3.67. The molecule has 108 valence electrons. The molecule has 3 aromatic rings. The Morgan fingerprint density at radius 3 is 2.62 bits per heavy atom. The van der Waals surface area contributed by atoms with Gasteiger partial charge in [-0.15, -0.1) is 0 Å². The number of para-hydroxylation sites is 1. The average molecular weight is 364 g/mol. The molecule has 0 saturated carbocycles. The predicted molar refractivity (Wildman–Crippen MR) is 92.7 cm³/mol. The van der Waals surface area contributed by atoms with Crippen LogP contribution in [-0.2, 0) is 6.54 Å². The van der Waals surface area contributed by atoms with E-state index >= 15 is 0 Å². The number of aromatic nitrogens is 1. The smallest absolute Gasteiger partial charge is 0.0705 e. The summed E-state index contributed by atoms with van der Waals surface area (Å²) in [5.41, 5.74) is 3.34. The molecule has 2 N–H and O–H groups in total. The maximum absolute atomic E-state index is 6.44. The molecule has 0 saturated heterocycles. The van der Waals surface area contributed by atoms with Crippen molar-refractivity contribution in [2.24, 2.45) is 0 Å². The van der Waals surface area contributed by atoms with Crippen LogP contribution in [0.15, 0.2) is 53.0 Å². The maximum atomic E-state index is 6.44. The van der Waals surface area contributed by atoms with Gasteiger partial charge in [0.1, 0.15) is 0 Å². The third kappa shape index (κ3) is 3.00. The molecule has 0 fully saturated rings. The first-order valence-electron chi connectivity index (χ1n) is 6.89. The van der Waals surface area contributed by atoms with Crippen molar-refractivity contribution in [2.75, 3.05) is 0 Å². The fourth-order valence-electron chi connectivity index (χ4n) is 2.48. The first-order valence-corrected chi connectivity index (χ1v) is 8.07. The number of fused-ring (bicyclic) bond motifs is 1. The molecular formula is C17H16BrClN2. The Bertz CT molecular complexity index is 766. The number of hydrogen-bond acceptors (Lipinski definition) is 1. The molecular weight excluding hydrogens is 348 g/mol. The van der Waals surface area contributed by atoms with E-state index in [0.717, 1.165) is 26.1 Å². The molecule has 0 aliphatic rings. The summed E-state index contributed by atoms with van der Waals surface area (Å²) in [6.45, 7) is 2.85. The van der Waals surface area contributed by atoms with Crippen molar-refractivity contribution < 1.29 is 0 Å². The van der Waals surface area contributed by atoms with E-state index in [4.69, 9.17) is 11.6 Å². The van der Waals surface area contributed by atoms with E-state index in [0.29, 0.717) is 6.54 Å². The van der Waals surface area contributed by atoms with Crippen LogP contribution in [0.25, 0.3) is 10.9 Å². The minimum atomic E-state index is 0.239. The molecule has 0 aliphatic heterocycles. The minimum absolute atomic E-state index is 0.239. The van der Waals surface area contributed by atoms with Gasteiger partial charge in [-0.1, -0.05) is 63.9 Å². The Kier molecular flexibility index (Phi) is 4.34. The van der Waals surface area contributed by atoms with Crippen LogP contribution in [0.4, 0.5) is 0 Å². The molecule has 1 aromatic heterocycles. The van der Waals surface area contributed by atoms with Gasteiger partial charge in [0.15, 0.2) is 0 Å². The highest BCUT2D eigenvalue weighted by Crippen LogP contribution is 2.28. The van der Waals surface area contributed by atoms with Gasteiger partial charge >= 0.3 is 0 Å². The first kappa shape index (κ1) is 14.6. The second-order valence-corrected chi connectivity index (χ2v) is 6.32. The average Bonchev–Trinajstić information content (AvgIpc) is 2.82. The van der Waals surface area contributed by atoms with Gasteiger partial charge in [-0.25, -0.2) is 0 Å². The highest BCUT2D eigenvalue weighted by atomic mass is 79.9. The zero-order valence-corrected chi connectivity index (χ0v) is 14.0. The zero-order chi connectivity index (χ0) is 14.8. The van der Waals surface area contributed by atoms with Crippen LogP contribution in [0.2, 0.25) is 5.02 Å². The van der Waals surface area contributed by atoms with Gasteiger partial charge in [0, 0.05) is 33.7 Å². The molecule has 21 heavy (non-hydrogen) atoms. The lowest BCUT2D eigenvalue weighted by molar-refractivity contribution is 0.568. The molecule has 1 atom stereocenters. The van der Waals surface area contributed by atoms with Gasteiger partial charge in [-0.05, 0) is 24.6 Å². The van der Waals surface area contributed by atoms with Gasteiger partial charge in [-0.2, -0.15) is 0 Å². The second kappa shape index (κ2) is 6.22. The van der Waals surface area contributed by atoms with Crippen LogP contribution in [0.5, 0.6) is 0 Å². The van der Waals surface area contributed by atoms with Gasteiger partial charge < -0.3 is 10.3 Å². The molecule has 4 heteroatoms. The van der Waals surface area contributed by atoms with E-state index in [9.17, 15) is 0 Å². The zero-order valence-electron chi connectivity index (χ0n) is 11.7. The number of aromatic amines is 1. The molecule has 0 radical (unpaired) electrons. The summed E-state index contributed by atoms with van der Waals surface area (Å²) >= 11 is 10.0. The molecule has 0 amide bonds. The van der Waals surface area contributed by atoms with E-state index in [1.165, 1.54) is 5.56 Å². The lowest BCUT2D eigenvalue weighted by Gasteiger charge is -2.15. The van der Waals surface area contributed by atoms with Crippen molar-refractivity contribution in [2.45, 2.75) is 19.5 Å². The summed E-state index contributed by atoms with van der Waals surface area (Å²) in [6, 6.07) is 16.6. The molecule has 0 bridgehead atoms. The van der Waals surface area contributed by atoms with Crippen molar-refractivity contribution in [3.63, 3.8) is 0 Å². The fourth-order valence-corrected chi connectivity index (χ4v) is 3.38. The third-order valence-corrected chi connectivity index (χ3v) is 4.82. The van der Waals surface area contributed by atoms with Gasteiger partial charge in [0.05, 0.1) is 5.02 Å². The Labute approximate surface area is 137 Å². The summed E-state index contributed by atoms with van der Waals surface area (Å²) in [5, 5.41) is 5.39. The normalized spacial score (nSPS) is 12.7. The highest BCUT2D eigenvalue weighted by molar-refractivity contribution is 9.10. The van der Waals surface area contributed by atoms with E-state index in [2.05, 4.69) is 45.3 Å².